The van der Waals surface area contributed by atoms with Crippen molar-refractivity contribution in [2.75, 3.05) is 0 Å². The Kier molecular flexibility index (Phi) is 5.06. The Morgan fingerprint density at radius 3 is 1.06 bits per heavy atom. The first-order valence-corrected chi connectivity index (χ1v) is 6.64. The van der Waals surface area contributed by atoms with Gasteiger partial charge < -0.3 is 8.85 Å². The first kappa shape index (κ1) is 16.7. The molecule has 104 valence electrons. The van der Waals surface area contributed by atoms with Crippen molar-refractivity contribution in [2.24, 2.45) is 0 Å². The molecule has 0 atom stereocenters. The molecular weight excluding hydrogens is 270 g/mol. The summed E-state index contributed by atoms with van der Waals surface area (Å²) in [6, 6.07) is 0. The van der Waals surface area contributed by atoms with Crippen molar-refractivity contribution in [3.8, 4) is 0 Å². The van der Waals surface area contributed by atoms with Crippen LogP contribution in [0.3, 0.4) is 0 Å². The monoisotopic (exact) mass is 284 g/mol. The Hall–Kier alpha value is -0.283. The second-order valence-electron chi connectivity index (χ2n) is 3.95. The fourth-order valence-corrected chi connectivity index (χ4v) is 3.36. The summed E-state index contributed by atoms with van der Waals surface area (Å²) in [4.78, 5) is 0. The highest BCUT2D eigenvalue weighted by Gasteiger charge is 2.80. The third kappa shape index (κ3) is 3.85. The quantitative estimate of drug-likeness (QED) is 0.581. The van der Waals surface area contributed by atoms with Gasteiger partial charge in [-0.15, -0.1) is 0 Å². The zero-order chi connectivity index (χ0) is 14.1. The molecule has 0 aromatic heterocycles. The van der Waals surface area contributed by atoms with Gasteiger partial charge in [0.05, 0.1) is 0 Å². The maximum absolute atomic E-state index is 12.7. The Balaban J connectivity index is 5.55. The number of hydrogen-bond acceptors (Lipinski definition) is 2. The van der Waals surface area contributed by atoms with E-state index in [-0.39, 0.29) is 0 Å². The summed E-state index contributed by atoms with van der Waals surface area (Å²) in [5, 5.41) is 0. The van der Waals surface area contributed by atoms with Crippen LogP contribution in [-0.4, -0.2) is 32.4 Å². The molecule has 0 aromatic rings. The third-order valence-electron chi connectivity index (χ3n) is 1.55. The average Bonchev–Trinajstić information content (AvgIpc) is 1.96. The smallest absolute Gasteiger partial charge is 0.381 e. The van der Waals surface area contributed by atoms with Crippen LogP contribution in [0.2, 0.25) is 0 Å². The summed E-state index contributed by atoms with van der Waals surface area (Å²) in [7, 11) is -6.32. The number of alkyl halides is 6. The van der Waals surface area contributed by atoms with Crippen LogP contribution in [0.4, 0.5) is 26.3 Å². The van der Waals surface area contributed by atoms with E-state index in [4.69, 9.17) is 0 Å². The van der Waals surface area contributed by atoms with Crippen LogP contribution in [0.15, 0.2) is 0 Å². The zero-order valence-corrected chi connectivity index (χ0v) is 10.7. The standard InChI is InChI=1S/C8H14F6O2Si/c1-5(2)15-17(7(9,10)11,8(12,13)14)16-6(3)4/h5-6H,1-4H3. The molecule has 9 heteroatoms. The van der Waals surface area contributed by atoms with E-state index in [2.05, 4.69) is 8.85 Å². The van der Waals surface area contributed by atoms with Crippen molar-refractivity contribution >= 4 is 8.56 Å². The summed E-state index contributed by atoms with van der Waals surface area (Å²) in [6.45, 7) is 4.40. The highest BCUT2D eigenvalue weighted by molar-refractivity contribution is 6.71. The molecular formula is C8H14F6O2Si. The van der Waals surface area contributed by atoms with Gasteiger partial charge in [0.1, 0.15) is 0 Å². The van der Waals surface area contributed by atoms with Gasteiger partial charge in [-0.3, -0.25) is 0 Å². The molecule has 0 spiro atoms. The third-order valence-corrected chi connectivity index (χ3v) is 4.65. The average molecular weight is 284 g/mol. The highest BCUT2D eigenvalue weighted by atomic mass is 28.4. The van der Waals surface area contributed by atoms with Crippen LogP contribution in [-0.2, 0) is 8.85 Å². The second kappa shape index (κ2) is 5.15. The van der Waals surface area contributed by atoms with E-state index in [1.54, 1.807) is 0 Å². The zero-order valence-electron chi connectivity index (χ0n) is 9.74. The number of rotatable bonds is 4. The van der Waals surface area contributed by atoms with Gasteiger partial charge in [0.25, 0.3) is 0 Å². The molecule has 0 heterocycles. The Labute approximate surface area is 96.1 Å². The van der Waals surface area contributed by atoms with Crippen LogP contribution in [0.1, 0.15) is 27.7 Å². The van der Waals surface area contributed by atoms with Crippen LogP contribution < -0.4 is 0 Å². The lowest BCUT2D eigenvalue weighted by Crippen LogP contribution is -2.68. The van der Waals surface area contributed by atoms with E-state index < -0.39 is 32.4 Å². The first-order chi connectivity index (χ1) is 7.33. The molecule has 0 saturated carbocycles. The van der Waals surface area contributed by atoms with Gasteiger partial charge >= 0.3 is 20.2 Å². The predicted molar refractivity (Wildman–Crippen MR) is 50.3 cm³/mol. The molecule has 0 bridgehead atoms. The lowest BCUT2D eigenvalue weighted by atomic mass is 10.5. The largest absolute Gasteiger partial charge is 0.573 e. The van der Waals surface area contributed by atoms with Gasteiger partial charge in [0.15, 0.2) is 0 Å². The van der Waals surface area contributed by atoms with Gasteiger partial charge in [0, 0.05) is 12.2 Å². The molecule has 0 saturated heterocycles. The molecule has 0 amide bonds. The van der Waals surface area contributed by atoms with E-state index in [0.29, 0.717) is 0 Å². The molecule has 0 rings (SSSR count). The molecule has 0 unspecified atom stereocenters. The Bertz CT molecular complexity index is 221. The van der Waals surface area contributed by atoms with E-state index >= 15 is 0 Å². The summed E-state index contributed by atoms with van der Waals surface area (Å²) >= 11 is 0. The van der Waals surface area contributed by atoms with Crippen molar-refractivity contribution in [2.45, 2.75) is 51.5 Å². The van der Waals surface area contributed by atoms with Gasteiger partial charge in [-0.2, -0.15) is 26.3 Å². The van der Waals surface area contributed by atoms with E-state index in [0.717, 1.165) is 27.7 Å². The Morgan fingerprint density at radius 1 is 0.706 bits per heavy atom. The molecule has 17 heavy (non-hydrogen) atoms. The maximum Gasteiger partial charge on any atom is 0.573 e. The fourth-order valence-electron chi connectivity index (χ4n) is 1.12. The van der Waals surface area contributed by atoms with E-state index in [1.807, 2.05) is 0 Å². The fraction of sp³-hybridized carbons (Fsp3) is 1.00. The van der Waals surface area contributed by atoms with Crippen LogP contribution in [0, 0.1) is 0 Å². The lowest BCUT2D eigenvalue weighted by Gasteiger charge is -2.35. The molecule has 0 aliphatic carbocycles. The Morgan fingerprint density at radius 2 is 0.941 bits per heavy atom. The predicted octanol–water partition coefficient (Wildman–Crippen LogP) is 3.48. The minimum absolute atomic E-state index is 1.10. The number of hydrogen-bond donors (Lipinski definition) is 0. The highest BCUT2D eigenvalue weighted by Crippen LogP contribution is 2.43. The minimum atomic E-state index is -6.32. The van der Waals surface area contributed by atoms with Crippen molar-refractivity contribution in [3.05, 3.63) is 0 Å². The topological polar surface area (TPSA) is 18.5 Å². The second-order valence-corrected chi connectivity index (χ2v) is 6.78. The first-order valence-electron chi connectivity index (χ1n) is 4.82. The molecule has 2 nitrogen and oxygen atoms in total. The van der Waals surface area contributed by atoms with Crippen LogP contribution in [0.25, 0.3) is 0 Å². The van der Waals surface area contributed by atoms with Crippen LogP contribution >= 0.6 is 0 Å². The molecule has 0 aromatic carbocycles. The molecule has 0 aliphatic heterocycles. The lowest BCUT2D eigenvalue weighted by molar-refractivity contribution is -0.178. The van der Waals surface area contributed by atoms with Gasteiger partial charge in [0.2, 0.25) is 0 Å². The van der Waals surface area contributed by atoms with Gasteiger partial charge in [-0.05, 0) is 27.7 Å². The van der Waals surface area contributed by atoms with Crippen molar-refractivity contribution < 1.29 is 35.2 Å². The van der Waals surface area contributed by atoms with E-state index in [1.165, 1.54) is 0 Å². The summed E-state index contributed by atoms with van der Waals surface area (Å²) in [5.41, 5.74) is 0. The summed E-state index contributed by atoms with van der Waals surface area (Å²) in [5.74, 6) is -11.1. The molecule has 0 aliphatic rings. The van der Waals surface area contributed by atoms with Crippen molar-refractivity contribution in [1.82, 2.24) is 0 Å². The van der Waals surface area contributed by atoms with E-state index in [9.17, 15) is 26.3 Å². The maximum atomic E-state index is 12.7. The minimum Gasteiger partial charge on any atom is -0.381 e. The normalized spacial score (nSPS) is 14.8. The summed E-state index contributed by atoms with van der Waals surface area (Å²) in [6.07, 6.45) is -2.47. The van der Waals surface area contributed by atoms with Gasteiger partial charge in [-0.25, -0.2) is 0 Å². The SMILES string of the molecule is CC(C)O[Si](OC(C)C)(C(F)(F)F)C(F)(F)F. The molecule has 0 N–H and O–H groups in total. The molecule has 0 radical (unpaired) electrons. The molecule has 0 fully saturated rings. The van der Waals surface area contributed by atoms with Crippen molar-refractivity contribution in [3.63, 3.8) is 0 Å². The van der Waals surface area contributed by atoms with Crippen LogP contribution in [0.5, 0.6) is 0 Å². The number of halogens is 6. The van der Waals surface area contributed by atoms with Crippen molar-refractivity contribution in [1.29, 1.82) is 0 Å². The summed E-state index contributed by atoms with van der Waals surface area (Å²) < 4.78 is 84.4. The van der Waals surface area contributed by atoms with Gasteiger partial charge in [-0.1, -0.05) is 0 Å².